The lowest BCUT2D eigenvalue weighted by molar-refractivity contribution is 0.406. The number of ether oxygens (including phenoxy) is 1. The van der Waals surface area contributed by atoms with Crippen LogP contribution in [-0.4, -0.2) is 17.2 Å². The van der Waals surface area contributed by atoms with Crippen LogP contribution < -0.4 is 10.1 Å². The molecular formula is C13H16N2O2S. The Labute approximate surface area is 110 Å². The van der Waals surface area contributed by atoms with Crippen molar-refractivity contribution < 1.29 is 9.84 Å². The van der Waals surface area contributed by atoms with Crippen LogP contribution in [0.4, 0.5) is 0 Å². The van der Waals surface area contributed by atoms with Crippen LogP contribution in [0.15, 0.2) is 23.6 Å². The number of aromatic nitrogens is 1. The molecule has 0 amide bonds. The lowest BCUT2D eigenvalue weighted by Gasteiger charge is -2.07. The van der Waals surface area contributed by atoms with Crippen LogP contribution in [0.25, 0.3) is 0 Å². The topological polar surface area (TPSA) is 54.4 Å². The summed E-state index contributed by atoms with van der Waals surface area (Å²) in [7, 11) is 1.58. The Kier molecular flexibility index (Phi) is 4.17. The molecule has 0 fully saturated rings. The van der Waals surface area contributed by atoms with Gasteiger partial charge in [-0.3, -0.25) is 0 Å². The average Bonchev–Trinajstić information content (AvgIpc) is 2.77. The zero-order chi connectivity index (χ0) is 13.0. The molecule has 1 heterocycles. The summed E-state index contributed by atoms with van der Waals surface area (Å²) in [6.45, 7) is 3.30. The van der Waals surface area contributed by atoms with Gasteiger partial charge in [0, 0.05) is 35.8 Å². The van der Waals surface area contributed by atoms with E-state index in [1.54, 1.807) is 24.5 Å². The summed E-state index contributed by atoms with van der Waals surface area (Å²) in [5.74, 6) is 0.906. The van der Waals surface area contributed by atoms with Crippen molar-refractivity contribution in [1.82, 2.24) is 10.3 Å². The molecule has 2 rings (SSSR count). The van der Waals surface area contributed by atoms with Gasteiger partial charge in [0.15, 0.2) is 0 Å². The summed E-state index contributed by atoms with van der Waals surface area (Å²) in [6, 6.07) is 5.31. The number of nitrogens with one attached hydrogen (secondary N) is 1. The Bertz CT molecular complexity index is 525. The first-order valence-corrected chi connectivity index (χ1v) is 6.54. The normalized spacial score (nSPS) is 10.6. The fourth-order valence-corrected chi connectivity index (χ4v) is 2.35. The molecule has 0 saturated carbocycles. The standard InChI is InChI=1S/C13H16N2O2S/c1-9-8-18-13(15-9)7-14-6-10-3-4-11(17-2)5-12(10)16/h3-5,8,14,16H,6-7H2,1-2H3. The summed E-state index contributed by atoms with van der Waals surface area (Å²) < 4.78 is 5.04. The van der Waals surface area contributed by atoms with E-state index in [1.165, 1.54) is 0 Å². The summed E-state index contributed by atoms with van der Waals surface area (Å²) in [5.41, 5.74) is 1.90. The van der Waals surface area contributed by atoms with Gasteiger partial charge in [0.1, 0.15) is 16.5 Å². The van der Waals surface area contributed by atoms with Crippen LogP contribution in [0.2, 0.25) is 0 Å². The van der Waals surface area contributed by atoms with Crippen molar-refractivity contribution in [3.8, 4) is 11.5 Å². The fourth-order valence-electron chi connectivity index (χ4n) is 1.61. The molecule has 4 nitrogen and oxygen atoms in total. The van der Waals surface area contributed by atoms with Crippen LogP contribution in [0, 0.1) is 6.92 Å². The van der Waals surface area contributed by atoms with E-state index >= 15 is 0 Å². The molecule has 0 radical (unpaired) electrons. The molecule has 0 aliphatic heterocycles. The lowest BCUT2D eigenvalue weighted by Crippen LogP contribution is -2.12. The smallest absolute Gasteiger partial charge is 0.123 e. The van der Waals surface area contributed by atoms with Crippen LogP contribution >= 0.6 is 11.3 Å². The SMILES string of the molecule is COc1ccc(CNCc2nc(C)cs2)c(O)c1. The summed E-state index contributed by atoms with van der Waals surface area (Å²) >= 11 is 1.64. The minimum Gasteiger partial charge on any atom is -0.507 e. The van der Waals surface area contributed by atoms with E-state index in [-0.39, 0.29) is 5.75 Å². The zero-order valence-electron chi connectivity index (χ0n) is 10.4. The molecule has 18 heavy (non-hydrogen) atoms. The van der Waals surface area contributed by atoms with Crippen molar-refractivity contribution in [2.75, 3.05) is 7.11 Å². The third-order valence-corrected chi connectivity index (χ3v) is 3.52. The van der Waals surface area contributed by atoms with Crippen molar-refractivity contribution in [2.45, 2.75) is 20.0 Å². The number of phenols is 1. The number of nitrogens with zero attached hydrogens (tertiary/aromatic N) is 1. The molecular weight excluding hydrogens is 248 g/mol. The molecule has 2 N–H and O–H groups in total. The Morgan fingerprint density at radius 3 is 2.83 bits per heavy atom. The van der Waals surface area contributed by atoms with Gasteiger partial charge in [0.05, 0.1) is 7.11 Å². The number of methoxy groups -OCH3 is 1. The van der Waals surface area contributed by atoms with E-state index in [4.69, 9.17) is 4.74 Å². The van der Waals surface area contributed by atoms with Crippen molar-refractivity contribution in [1.29, 1.82) is 0 Å². The molecule has 0 unspecified atom stereocenters. The van der Waals surface area contributed by atoms with E-state index in [1.807, 2.05) is 24.4 Å². The van der Waals surface area contributed by atoms with Gasteiger partial charge >= 0.3 is 0 Å². The van der Waals surface area contributed by atoms with Gasteiger partial charge < -0.3 is 15.2 Å². The number of thiazole rings is 1. The van der Waals surface area contributed by atoms with E-state index in [0.717, 1.165) is 16.3 Å². The molecule has 0 saturated heterocycles. The summed E-state index contributed by atoms with van der Waals surface area (Å²) in [4.78, 5) is 4.37. The minimum atomic E-state index is 0.247. The second-order valence-electron chi connectivity index (χ2n) is 3.98. The molecule has 1 aromatic carbocycles. The molecule has 0 bridgehead atoms. The highest BCUT2D eigenvalue weighted by atomic mass is 32.1. The number of hydrogen-bond acceptors (Lipinski definition) is 5. The largest absolute Gasteiger partial charge is 0.507 e. The van der Waals surface area contributed by atoms with E-state index < -0.39 is 0 Å². The first-order chi connectivity index (χ1) is 8.69. The molecule has 0 atom stereocenters. The highest BCUT2D eigenvalue weighted by molar-refractivity contribution is 7.09. The quantitative estimate of drug-likeness (QED) is 0.871. The predicted molar refractivity (Wildman–Crippen MR) is 72.1 cm³/mol. The number of aryl methyl sites for hydroxylation is 1. The Hall–Kier alpha value is -1.59. The molecule has 2 aromatic rings. The number of phenolic OH excluding ortho intramolecular Hbond substituents is 1. The lowest BCUT2D eigenvalue weighted by atomic mass is 10.2. The first-order valence-electron chi connectivity index (χ1n) is 5.66. The highest BCUT2D eigenvalue weighted by Crippen LogP contribution is 2.23. The minimum absolute atomic E-state index is 0.247. The summed E-state index contributed by atoms with van der Waals surface area (Å²) in [6.07, 6.45) is 0. The van der Waals surface area contributed by atoms with Crippen molar-refractivity contribution >= 4 is 11.3 Å². The third kappa shape index (κ3) is 3.21. The predicted octanol–water partition coefficient (Wildman–Crippen LogP) is 2.46. The van der Waals surface area contributed by atoms with Crippen molar-refractivity contribution in [2.24, 2.45) is 0 Å². The Morgan fingerprint density at radius 2 is 2.22 bits per heavy atom. The third-order valence-electron chi connectivity index (χ3n) is 2.55. The number of benzene rings is 1. The molecule has 1 aromatic heterocycles. The first kappa shape index (κ1) is 12.9. The molecule has 5 heteroatoms. The van der Waals surface area contributed by atoms with Crippen LogP contribution in [0.1, 0.15) is 16.3 Å². The van der Waals surface area contributed by atoms with Gasteiger partial charge in [-0.2, -0.15) is 0 Å². The maximum absolute atomic E-state index is 9.79. The van der Waals surface area contributed by atoms with Crippen molar-refractivity contribution in [3.63, 3.8) is 0 Å². The van der Waals surface area contributed by atoms with Crippen LogP contribution in [0.3, 0.4) is 0 Å². The van der Waals surface area contributed by atoms with Gasteiger partial charge in [-0.1, -0.05) is 6.07 Å². The van der Waals surface area contributed by atoms with Crippen molar-refractivity contribution in [3.05, 3.63) is 39.8 Å². The van der Waals surface area contributed by atoms with Gasteiger partial charge in [-0.15, -0.1) is 11.3 Å². The van der Waals surface area contributed by atoms with Crippen LogP contribution in [0.5, 0.6) is 11.5 Å². The highest BCUT2D eigenvalue weighted by Gasteiger charge is 2.03. The van der Waals surface area contributed by atoms with E-state index in [2.05, 4.69) is 10.3 Å². The number of aromatic hydroxyl groups is 1. The van der Waals surface area contributed by atoms with Gasteiger partial charge in [0.2, 0.25) is 0 Å². The fraction of sp³-hybridized carbons (Fsp3) is 0.308. The summed E-state index contributed by atoms with van der Waals surface area (Å²) in [5, 5.41) is 16.1. The average molecular weight is 264 g/mol. The molecule has 0 spiro atoms. The maximum Gasteiger partial charge on any atom is 0.123 e. The van der Waals surface area contributed by atoms with E-state index in [0.29, 0.717) is 18.8 Å². The zero-order valence-corrected chi connectivity index (χ0v) is 11.3. The van der Waals surface area contributed by atoms with E-state index in [9.17, 15) is 5.11 Å². The van der Waals surface area contributed by atoms with Gasteiger partial charge in [0.25, 0.3) is 0 Å². The monoisotopic (exact) mass is 264 g/mol. The molecule has 0 aliphatic rings. The second-order valence-corrected chi connectivity index (χ2v) is 4.92. The Morgan fingerprint density at radius 1 is 1.39 bits per heavy atom. The molecule has 0 aliphatic carbocycles. The van der Waals surface area contributed by atoms with Gasteiger partial charge in [-0.05, 0) is 13.0 Å². The number of rotatable bonds is 5. The Balaban J connectivity index is 1.90. The molecule has 96 valence electrons. The van der Waals surface area contributed by atoms with Gasteiger partial charge in [-0.25, -0.2) is 4.98 Å². The maximum atomic E-state index is 9.79. The second kappa shape index (κ2) is 5.84. The number of hydrogen-bond donors (Lipinski definition) is 2. The van der Waals surface area contributed by atoms with Crippen LogP contribution in [-0.2, 0) is 13.1 Å².